The highest BCUT2D eigenvalue weighted by Crippen LogP contribution is 2.28. The molecule has 0 bridgehead atoms. The van der Waals surface area contributed by atoms with Gasteiger partial charge in [0.15, 0.2) is 6.61 Å². The van der Waals surface area contributed by atoms with Crippen molar-refractivity contribution in [1.82, 2.24) is 4.90 Å². The number of carbonyl (C=O) groups excluding carboxylic acids is 2. The molecule has 0 aliphatic carbocycles. The molecule has 0 spiro atoms. The number of ether oxygens (including phenoxy) is 1. The summed E-state index contributed by atoms with van der Waals surface area (Å²) in [5.74, 6) is -0.606. The fourth-order valence-electron chi connectivity index (χ4n) is 3.31. The summed E-state index contributed by atoms with van der Waals surface area (Å²) < 4.78 is 5.33. The van der Waals surface area contributed by atoms with Gasteiger partial charge >= 0.3 is 5.97 Å². The number of carbonyl (C=O) groups is 2. The van der Waals surface area contributed by atoms with E-state index in [4.69, 9.17) is 4.74 Å². The summed E-state index contributed by atoms with van der Waals surface area (Å²) in [5, 5.41) is 1.86. The van der Waals surface area contributed by atoms with Gasteiger partial charge in [0.05, 0.1) is 0 Å². The molecule has 1 aliphatic rings. The van der Waals surface area contributed by atoms with E-state index in [-0.39, 0.29) is 12.5 Å². The molecule has 0 saturated carbocycles. The molecule has 4 nitrogen and oxygen atoms in total. The van der Waals surface area contributed by atoms with Crippen LogP contribution in [0.1, 0.15) is 20.8 Å². The van der Waals surface area contributed by atoms with Crippen molar-refractivity contribution in [2.45, 2.75) is 13.0 Å². The Bertz CT molecular complexity index is 964. The van der Waals surface area contributed by atoms with Gasteiger partial charge in [0.2, 0.25) is 0 Å². The third-order valence-electron chi connectivity index (χ3n) is 4.75. The highest BCUT2D eigenvalue weighted by atomic mass is 32.1. The van der Waals surface area contributed by atoms with Crippen LogP contribution in [0.25, 0.3) is 11.1 Å². The van der Waals surface area contributed by atoms with E-state index in [1.165, 1.54) is 16.9 Å². The average molecular weight is 377 g/mol. The average Bonchev–Trinajstić information content (AvgIpc) is 3.22. The monoisotopic (exact) mass is 377 g/mol. The number of benzene rings is 2. The van der Waals surface area contributed by atoms with Crippen LogP contribution in [0.4, 0.5) is 0 Å². The van der Waals surface area contributed by atoms with Crippen molar-refractivity contribution in [3.05, 3.63) is 82.0 Å². The van der Waals surface area contributed by atoms with Crippen LogP contribution in [-0.4, -0.2) is 29.9 Å². The summed E-state index contributed by atoms with van der Waals surface area (Å²) in [6, 6.07) is 19.7. The largest absolute Gasteiger partial charge is 0.451 e. The lowest BCUT2D eigenvalue weighted by Gasteiger charge is -2.28. The van der Waals surface area contributed by atoms with Gasteiger partial charge in [0.25, 0.3) is 5.91 Å². The van der Waals surface area contributed by atoms with Crippen LogP contribution in [0.3, 0.4) is 0 Å². The molecule has 4 rings (SSSR count). The SMILES string of the molecule is O=C(OCC(=O)N1CCc2ccccc2C1)c1sccc1-c1ccccc1. The van der Waals surface area contributed by atoms with Crippen molar-refractivity contribution in [2.75, 3.05) is 13.2 Å². The first-order valence-corrected chi connectivity index (χ1v) is 9.75. The van der Waals surface area contributed by atoms with Crippen LogP contribution in [0.2, 0.25) is 0 Å². The van der Waals surface area contributed by atoms with Gasteiger partial charge in [-0.2, -0.15) is 0 Å². The van der Waals surface area contributed by atoms with Crippen LogP contribution in [0.5, 0.6) is 0 Å². The van der Waals surface area contributed by atoms with E-state index in [2.05, 4.69) is 6.07 Å². The molecule has 5 heteroatoms. The topological polar surface area (TPSA) is 46.6 Å². The van der Waals surface area contributed by atoms with E-state index in [1.54, 1.807) is 4.90 Å². The van der Waals surface area contributed by atoms with Gasteiger partial charge in [0, 0.05) is 18.7 Å². The van der Waals surface area contributed by atoms with E-state index in [9.17, 15) is 9.59 Å². The zero-order valence-corrected chi connectivity index (χ0v) is 15.6. The van der Waals surface area contributed by atoms with Crippen LogP contribution >= 0.6 is 11.3 Å². The number of esters is 1. The lowest BCUT2D eigenvalue weighted by molar-refractivity contribution is -0.135. The fraction of sp³-hybridized carbons (Fsp3) is 0.182. The Kier molecular flexibility index (Phi) is 5.03. The molecule has 2 heterocycles. The summed E-state index contributed by atoms with van der Waals surface area (Å²) in [5.41, 5.74) is 4.24. The Balaban J connectivity index is 1.39. The molecule has 0 unspecified atom stereocenters. The normalized spacial score (nSPS) is 13.1. The minimum absolute atomic E-state index is 0.157. The molecule has 0 N–H and O–H groups in total. The third-order valence-corrected chi connectivity index (χ3v) is 5.64. The number of fused-ring (bicyclic) bond motifs is 1. The molecular weight excluding hydrogens is 358 g/mol. The predicted molar refractivity (Wildman–Crippen MR) is 106 cm³/mol. The van der Waals surface area contributed by atoms with Crippen molar-refractivity contribution in [3.8, 4) is 11.1 Å². The number of hydrogen-bond acceptors (Lipinski definition) is 4. The van der Waals surface area contributed by atoms with Crippen LogP contribution in [0.15, 0.2) is 66.0 Å². The minimum Gasteiger partial charge on any atom is -0.451 e. The lowest BCUT2D eigenvalue weighted by Crippen LogP contribution is -2.38. The minimum atomic E-state index is -0.449. The quantitative estimate of drug-likeness (QED) is 0.642. The van der Waals surface area contributed by atoms with Gasteiger partial charge in [-0.05, 0) is 34.6 Å². The summed E-state index contributed by atoms with van der Waals surface area (Å²) in [6.07, 6.45) is 0.832. The molecule has 1 aromatic heterocycles. The first-order valence-electron chi connectivity index (χ1n) is 8.87. The second-order valence-electron chi connectivity index (χ2n) is 6.44. The van der Waals surface area contributed by atoms with E-state index in [0.29, 0.717) is 18.0 Å². The Labute approximate surface area is 162 Å². The Morgan fingerprint density at radius 3 is 2.52 bits per heavy atom. The molecule has 2 aromatic carbocycles. The maximum Gasteiger partial charge on any atom is 0.349 e. The van der Waals surface area contributed by atoms with Gasteiger partial charge in [0.1, 0.15) is 4.88 Å². The molecule has 0 radical (unpaired) electrons. The standard InChI is InChI=1S/C22H19NO3S/c24-20(23-12-10-16-6-4-5-9-18(16)14-23)15-26-22(25)21-19(11-13-27-21)17-7-2-1-3-8-17/h1-9,11,13H,10,12,14-15H2. The number of thiophene rings is 1. The summed E-state index contributed by atoms with van der Waals surface area (Å²) in [7, 11) is 0. The number of amides is 1. The van der Waals surface area contributed by atoms with Crippen LogP contribution < -0.4 is 0 Å². The van der Waals surface area contributed by atoms with Crippen molar-refractivity contribution < 1.29 is 14.3 Å². The molecule has 27 heavy (non-hydrogen) atoms. The first-order chi connectivity index (χ1) is 13.2. The zero-order valence-electron chi connectivity index (χ0n) is 14.8. The first kappa shape index (κ1) is 17.5. The van der Waals surface area contributed by atoms with Crippen LogP contribution in [0, 0.1) is 0 Å². The highest BCUT2D eigenvalue weighted by molar-refractivity contribution is 7.12. The molecule has 0 fully saturated rings. The van der Waals surface area contributed by atoms with Gasteiger partial charge in [-0.3, -0.25) is 4.79 Å². The predicted octanol–water partition coefficient (Wildman–Crippen LogP) is 4.16. The zero-order chi connectivity index (χ0) is 18.6. The van der Waals surface area contributed by atoms with Crippen molar-refractivity contribution in [1.29, 1.82) is 0 Å². The second kappa shape index (κ2) is 7.76. The van der Waals surface area contributed by atoms with Crippen molar-refractivity contribution >= 4 is 23.2 Å². The second-order valence-corrected chi connectivity index (χ2v) is 7.36. The number of hydrogen-bond donors (Lipinski definition) is 0. The molecular formula is C22H19NO3S. The molecule has 1 amide bonds. The van der Waals surface area contributed by atoms with Gasteiger partial charge < -0.3 is 9.64 Å². The lowest BCUT2D eigenvalue weighted by atomic mass is 10.00. The maximum absolute atomic E-state index is 12.5. The highest BCUT2D eigenvalue weighted by Gasteiger charge is 2.23. The van der Waals surface area contributed by atoms with E-state index >= 15 is 0 Å². The van der Waals surface area contributed by atoms with Gasteiger partial charge in [-0.1, -0.05) is 54.6 Å². The van der Waals surface area contributed by atoms with E-state index < -0.39 is 5.97 Å². The summed E-state index contributed by atoms with van der Waals surface area (Å²) in [6.45, 7) is 0.996. The maximum atomic E-state index is 12.5. The molecule has 3 aromatic rings. The molecule has 136 valence electrons. The Morgan fingerprint density at radius 2 is 1.70 bits per heavy atom. The summed E-state index contributed by atoms with van der Waals surface area (Å²) >= 11 is 1.33. The molecule has 1 aliphatic heterocycles. The number of nitrogens with zero attached hydrogens (tertiary/aromatic N) is 1. The Hall–Kier alpha value is -2.92. The molecule has 0 saturated heterocycles. The van der Waals surface area contributed by atoms with Gasteiger partial charge in [-0.15, -0.1) is 11.3 Å². The van der Waals surface area contributed by atoms with Gasteiger partial charge in [-0.25, -0.2) is 4.79 Å². The van der Waals surface area contributed by atoms with Crippen LogP contribution in [-0.2, 0) is 22.5 Å². The van der Waals surface area contributed by atoms with E-state index in [0.717, 1.165) is 23.1 Å². The molecule has 0 atom stereocenters. The smallest absolute Gasteiger partial charge is 0.349 e. The fourth-order valence-corrected chi connectivity index (χ4v) is 4.11. The number of rotatable bonds is 4. The third kappa shape index (κ3) is 3.78. The summed E-state index contributed by atoms with van der Waals surface area (Å²) in [4.78, 5) is 27.3. The van der Waals surface area contributed by atoms with E-state index in [1.807, 2.05) is 60.0 Å². The Morgan fingerprint density at radius 1 is 0.963 bits per heavy atom. The van der Waals surface area contributed by atoms with Crippen molar-refractivity contribution in [2.24, 2.45) is 0 Å². The van der Waals surface area contributed by atoms with Crippen molar-refractivity contribution in [3.63, 3.8) is 0 Å².